The molecule has 0 bridgehead atoms. The van der Waals surface area contributed by atoms with E-state index in [1.54, 1.807) is 6.92 Å². The van der Waals surface area contributed by atoms with E-state index < -0.39 is 6.09 Å². The number of amides is 1. The molecule has 0 aliphatic rings. The molecule has 0 unspecified atom stereocenters. The fourth-order valence-corrected chi connectivity index (χ4v) is 0.234. The van der Waals surface area contributed by atoms with Gasteiger partial charge in [-0.25, -0.2) is 4.79 Å². The van der Waals surface area contributed by atoms with Crippen molar-refractivity contribution < 1.29 is 9.53 Å². The summed E-state index contributed by atoms with van der Waals surface area (Å²) in [6, 6.07) is 0. The van der Waals surface area contributed by atoms with Crippen molar-refractivity contribution in [3.63, 3.8) is 0 Å². The van der Waals surface area contributed by atoms with Gasteiger partial charge in [0.05, 0.1) is 6.61 Å². The minimum atomic E-state index is -0.396. The molecule has 0 aromatic heterocycles. The van der Waals surface area contributed by atoms with Crippen molar-refractivity contribution in [1.82, 2.24) is 4.90 Å². The normalized spacial score (nSPS) is 8.38. The van der Waals surface area contributed by atoms with Gasteiger partial charge in [-0.1, -0.05) is 0 Å². The van der Waals surface area contributed by atoms with E-state index in [9.17, 15) is 4.79 Å². The van der Waals surface area contributed by atoms with E-state index in [4.69, 9.17) is 0 Å². The van der Waals surface area contributed by atoms with Crippen LogP contribution in [0.15, 0.2) is 0 Å². The maximum Gasteiger partial charge on any atom is 0.409 e. The van der Waals surface area contributed by atoms with Gasteiger partial charge in [-0.15, -0.1) is 0 Å². The van der Waals surface area contributed by atoms with E-state index in [1.165, 1.54) is 7.05 Å². The second-order valence-corrected chi connectivity index (χ2v) is 1.40. The Morgan fingerprint density at radius 1 is 1.88 bits per heavy atom. The molecule has 0 saturated carbocycles. The molecular weight excluding hydrogens is 106 g/mol. The molecular formula is C5H10NO2. The monoisotopic (exact) mass is 116 g/mol. The van der Waals surface area contributed by atoms with Crippen LogP contribution in [-0.4, -0.2) is 24.6 Å². The van der Waals surface area contributed by atoms with E-state index in [0.29, 0.717) is 6.61 Å². The largest absolute Gasteiger partial charge is 0.450 e. The molecule has 0 rings (SSSR count). The van der Waals surface area contributed by atoms with Gasteiger partial charge < -0.3 is 9.64 Å². The molecule has 1 amide bonds. The average molecular weight is 116 g/mol. The number of nitrogens with zero attached hydrogens (tertiary/aromatic N) is 1. The SMILES string of the molecule is [CH2]N(C)C(=O)OCC. The number of carbonyl (C=O) groups excluding carboxylic acids is 1. The Balaban J connectivity index is 3.33. The lowest BCUT2D eigenvalue weighted by atomic mass is 10.8. The Bertz CT molecular complexity index is 80.5. The number of hydrogen-bond acceptors (Lipinski definition) is 2. The predicted octanol–water partition coefficient (Wildman–Crippen LogP) is 0.866. The molecule has 3 nitrogen and oxygen atoms in total. The molecule has 0 aromatic carbocycles. The summed E-state index contributed by atoms with van der Waals surface area (Å²) in [4.78, 5) is 11.5. The lowest BCUT2D eigenvalue weighted by molar-refractivity contribution is 0.128. The molecule has 47 valence electrons. The maximum absolute atomic E-state index is 10.4. The van der Waals surface area contributed by atoms with E-state index in [1.807, 2.05) is 0 Å². The van der Waals surface area contributed by atoms with Crippen LogP contribution in [0, 0.1) is 7.05 Å². The minimum Gasteiger partial charge on any atom is -0.450 e. The highest BCUT2D eigenvalue weighted by Crippen LogP contribution is 1.84. The third-order valence-electron chi connectivity index (χ3n) is 0.579. The zero-order valence-corrected chi connectivity index (χ0v) is 5.18. The fourth-order valence-electron chi connectivity index (χ4n) is 0.234. The highest BCUT2D eigenvalue weighted by atomic mass is 16.5. The van der Waals surface area contributed by atoms with Gasteiger partial charge in [0, 0.05) is 14.1 Å². The van der Waals surface area contributed by atoms with Crippen LogP contribution >= 0.6 is 0 Å². The molecule has 1 radical (unpaired) electrons. The lowest BCUT2D eigenvalue weighted by Crippen LogP contribution is -2.20. The summed E-state index contributed by atoms with van der Waals surface area (Å²) in [5, 5.41) is 0. The molecule has 0 aromatic rings. The summed E-state index contributed by atoms with van der Waals surface area (Å²) in [5.74, 6) is 0. The van der Waals surface area contributed by atoms with E-state index >= 15 is 0 Å². The second kappa shape index (κ2) is 3.29. The molecule has 0 N–H and O–H groups in total. The molecule has 0 aliphatic heterocycles. The van der Waals surface area contributed by atoms with E-state index in [-0.39, 0.29) is 0 Å². The Hall–Kier alpha value is -0.730. The average Bonchev–Trinajstić information content (AvgIpc) is 1.67. The fraction of sp³-hybridized carbons (Fsp3) is 0.600. The standard InChI is InChI=1S/C5H10NO2/c1-4-8-5(7)6(2)3/h2,4H2,1,3H3. The Morgan fingerprint density at radius 2 is 2.38 bits per heavy atom. The predicted molar refractivity (Wildman–Crippen MR) is 30.1 cm³/mol. The smallest absolute Gasteiger partial charge is 0.409 e. The summed E-state index contributed by atoms with van der Waals surface area (Å²) in [6.45, 7) is 2.15. The van der Waals surface area contributed by atoms with Crippen molar-refractivity contribution in [2.45, 2.75) is 6.92 Å². The van der Waals surface area contributed by atoms with E-state index in [0.717, 1.165) is 4.90 Å². The molecule has 8 heavy (non-hydrogen) atoms. The molecule has 0 saturated heterocycles. The highest BCUT2D eigenvalue weighted by Gasteiger charge is 2.00. The number of carbonyl (C=O) groups is 1. The summed E-state index contributed by atoms with van der Waals surface area (Å²) in [5.41, 5.74) is 0. The van der Waals surface area contributed by atoms with Crippen molar-refractivity contribution in [2.24, 2.45) is 0 Å². The number of rotatable bonds is 1. The van der Waals surface area contributed by atoms with Crippen LogP contribution in [0.3, 0.4) is 0 Å². The first-order valence-corrected chi connectivity index (χ1v) is 2.39. The summed E-state index contributed by atoms with van der Waals surface area (Å²) < 4.78 is 4.53. The van der Waals surface area contributed by atoms with Crippen LogP contribution < -0.4 is 0 Å². The molecule has 0 atom stereocenters. The van der Waals surface area contributed by atoms with Crippen molar-refractivity contribution >= 4 is 6.09 Å². The van der Waals surface area contributed by atoms with Crippen LogP contribution in [-0.2, 0) is 4.74 Å². The van der Waals surface area contributed by atoms with Crippen molar-refractivity contribution in [3.8, 4) is 0 Å². The topological polar surface area (TPSA) is 29.5 Å². The summed E-state index contributed by atoms with van der Waals surface area (Å²) in [6.07, 6.45) is -0.396. The van der Waals surface area contributed by atoms with Crippen molar-refractivity contribution in [1.29, 1.82) is 0 Å². The second-order valence-electron chi connectivity index (χ2n) is 1.40. The van der Waals surface area contributed by atoms with Gasteiger partial charge in [-0.05, 0) is 6.92 Å². The van der Waals surface area contributed by atoms with Gasteiger partial charge in [0.15, 0.2) is 0 Å². The van der Waals surface area contributed by atoms with Gasteiger partial charge in [0.1, 0.15) is 0 Å². The van der Waals surface area contributed by atoms with Crippen LogP contribution in [0.25, 0.3) is 0 Å². The van der Waals surface area contributed by atoms with E-state index in [2.05, 4.69) is 11.8 Å². The summed E-state index contributed by atoms with van der Waals surface area (Å²) in [7, 11) is 4.86. The third-order valence-corrected chi connectivity index (χ3v) is 0.579. The Morgan fingerprint density at radius 3 is 2.50 bits per heavy atom. The van der Waals surface area contributed by atoms with Crippen LogP contribution in [0.4, 0.5) is 4.79 Å². The molecule has 0 spiro atoms. The zero-order chi connectivity index (χ0) is 6.57. The van der Waals surface area contributed by atoms with Crippen molar-refractivity contribution in [2.75, 3.05) is 13.7 Å². The maximum atomic E-state index is 10.4. The summed E-state index contributed by atoms with van der Waals surface area (Å²) >= 11 is 0. The minimum absolute atomic E-state index is 0.396. The molecule has 0 fully saturated rings. The quantitative estimate of drug-likeness (QED) is 0.508. The highest BCUT2D eigenvalue weighted by molar-refractivity contribution is 5.67. The van der Waals surface area contributed by atoms with Gasteiger partial charge >= 0.3 is 6.09 Å². The van der Waals surface area contributed by atoms with Gasteiger partial charge in [0.25, 0.3) is 0 Å². The number of ether oxygens (including phenoxy) is 1. The molecule has 0 aliphatic carbocycles. The number of hydrogen-bond donors (Lipinski definition) is 0. The van der Waals surface area contributed by atoms with Crippen molar-refractivity contribution in [3.05, 3.63) is 7.05 Å². The lowest BCUT2D eigenvalue weighted by Gasteiger charge is -2.07. The van der Waals surface area contributed by atoms with Gasteiger partial charge in [-0.2, -0.15) is 0 Å². The first-order valence-electron chi connectivity index (χ1n) is 2.39. The van der Waals surface area contributed by atoms with Gasteiger partial charge in [-0.3, -0.25) is 0 Å². The first kappa shape index (κ1) is 7.27. The first-order chi connectivity index (χ1) is 3.68. The van der Waals surface area contributed by atoms with Gasteiger partial charge in [0.2, 0.25) is 0 Å². The molecule has 0 heterocycles. The molecule has 3 heteroatoms. The van der Waals surface area contributed by atoms with Crippen LogP contribution in [0.1, 0.15) is 6.92 Å². The zero-order valence-electron chi connectivity index (χ0n) is 5.18. The Kier molecular flexibility index (Phi) is 2.99. The van der Waals surface area contributed by atoms with Crippen LogP contribution in [0.5, 0.6) is 0 Å². The third kappa shape index (κ3) is 2.44. The van der Waals surface area contributed by atoms with Crippen LogP contribution in [0.2, 0.25) is 0 Å². The Labute approximate surface area is 49.2 Å².